The molecule has 0 radical (unpaired) electrons. The van der Waals surface area contributed by atoms with Crippen molar-refractivity contribution in [2.45, 2.75) is 37.6 Å². The van der Waals surface area contributed by atoms with E-state index in [0.717, 1.165) is 5.52 Å². The molecule has 1 heterocycles. The van der Waals surface area contributed by atoms with Crippen LogP contribution in [0.5, 0.6) is 0 Å². The lowest BCUT2D eigenvalue weighted by Crippen LogP contribution is -2.46. The summed E-state index contributed by atoms with van der Waals surface area (Å²) in [4.78, 5) is 0. The van der Waals surface area contributed by atoms with Gasteiger partial charge in [-0.3, -0.25) is 0 Å². The Hall–Kier alpha value is -1.13. The van der Waals surface area contributed by atoms with E-state index in [4.69, 9.17) is 5.73 Å². The van der Waals surface area contributed by atoms with E-state index < -0.39 is 0 Å². The lowest BCUT2D eigenvalue weighted by molar-refractivity contribution is 0.332. The van der Waals surface area contributed by atoms with Gasteiger partial charge in [0.1, 0.15) is 5.00 Å². The van der Waals surface area contributed by atoms with Crippen molar-refractivity contribution < 1.29 is 0 Å². The Morgan fingerprint density at radius 1 is 1.22 bits per heavy atom. The quantitative estimate of drug-likeness (QED) is 0.890. The van der Waals surface area contributed by atoms with E-state index in [9.17, 15) is 0 Å². The largest absolute Gasteiger partial charge is 0.368 e. The molecule has 0 unspecified atom stereocenters. The summed E-state index contributed by atoms with van der Waals surface area (Å²) < 4.78 is 4.49. The number of nitrogens with two attached hydrogens (primary N) is 1. The van der Waals surface area contributed by atoms with Crippen LogP contribution in [0.1, 0.15) is 32.1 Å². The van der Waals surface area contributed by atoms with E-state index >= 15 is 0 Å². The molecular weight excluding hydrogens is 242 g/mol. The van der Waals surface area contributed by atoms with Gasteiger partial charge in [-0.25, -0.2) is 0 Å². The zero-order chi connectivity index (χ0) is 12.4. The summed E-state index contributed by atoms with van der Waals surface area (Å²) in [6, 6.07) is 8.30. The van der Waals surface area contributed by atoms with Crippen LogP contribution in [0, 0.1) is 0 Å². The molecule has 96 valence electrons. The van der Waals surface area contributed by atoms with Crippen molar-refractivity contribution >= 4 is 27.4 Å². The SMILES string of the molecule is NCC1(Nc2snc3ccccc23)CCCCC1. The molecule has 4 heteroatoms. The van der Waals surface area contributed by atoms with Crippen LogP contribution >= 0.6 is 11.5 Å². The molecule has 0 aliphatic heterocycles. The molecule has 1 aromatic carbocycles. The standard InChI is InChI=1S/C14H19N3S/c15-10-14(8-4-1-5-9-14)16-13-11-6-2-3-7-12(11)17-18-13/h2-3,6-7,16H,1,4-5,8-10,15H2. The predicted octanol–water partition coefficient (Wildman–Crippen LogP) is 3.37. The van der Waals surface area contributed by atoms with Crippen molar-refractivity contribution in [2.24, 2.45) is 5.73 Å². The van der Waals surface area contributed by atoms with Crippen LogP contribution in [0.4, 0.5) is 5.00 Å². The fraction of sp³-hybridized carbons (Fsp3) is 0.500. The average molecular weight is 261 g/mol. The van der Waals surface area contributed by atoms with Crippen LogP contribution in [0.25, 0.3) is 10.9 Å². The maximum Gasteiger partial charge on any atom is 0.117 e. The highest BCUT2D eigenvalue weighted by Crippen LogP contribution is 2.35. The number of hydrogen-bond donors (Lipinski definition) is 2. The first-order valence-corrected chi connectivity index (χ1v) is 7.43. The van der Waals surface area contributed by atoms with Crippen molar-refractivity contribution in [1.82, 2.24) is 4.37 Å². The van der Waals surface area contributed by atoms with Crippen LogP contribution in [0.15, 0.2) is 24.3 Å². The summed E-state index contributed by atoms with van der Waals surface area (Å²) in [5.74, 6) is 0. The van der Waals surface area contributed by atoms with Gasteiger partial charge in [-0.1, -0.05) is 31.4 Å². The molecule has 0 amide bonds. The number of benzene rings is 1. The first-order chi connectivity index (χ1) is 8.83. The van der Waals surface area contributed by atoms with E-state index in [1.165, 1.54) is 42.5 Å². The Bertz CT molecular complexity index is 529. The Kier molecular flexibility index (Phi) is 3.22. The van der Waals surface area contributed by atoms with Crippen LogP contribution in [0.2, 0.25) is 0 Å². The average Bonchev–Trinajstić information content (AvgIpc) is 2.83. The van der Waals surface area contributed by atoms with E-state index in [2.05, 4.69) is 27.9 Å². The molecule has 0 spiro atoms. The first-order valence-electron chi connectivity index (χ1n) is 6.66. The van der Waals surface area contributed by atoms with Gasteiger partial charge in [-0.2, -0.15) is 4.37 Å². The van der Waals surface area contributed by atoms with Gasteiger partial charge in [-0.15, -0.1) is 0 Å². The number of hydrogen-bond acceptors (Lipinski definition) is 4. The fourth-order valence-electron chi connectivity index (χ4n) is 2.83. The lowest BCUT2D eigenvalue weighted by Gasteiger charge is -2.37. The normalized spacial score (nSPS) is 18.9. The molecule has 3 N–H and O–H groups in total. The summed E-state index contributed by atoms with van der Waals surface area (Å²) in [5, 5.41) is 6.10. The summed E-state index contributed by atoms with van der Waals surface area (Å²) in [7, 11) is 0. The van der Waals surface area contributed by atoms with Gasteiger partial charge in [0.2, 0.25) is 0 Å². The molecule has 1 saturated carbocycles. The first kappa shape index (κ1) is 11.9. The highest BCUT2D eigenvalue weighted by atomic mass is 32.1. The van der Waals surface area contributed by atoms with Crippen LogP contribution < -0.4 is 11.1 Å². The summed E-state index contributed by atoms with van der Waals surface area (Å²) in [5.41, 5.74) is 7.19. The van der Waals surface area contributed by atoms with Crippen LogP contribution in [-0.2, 0) is 0 Å². The molecule has 2 aromatic rings. The number of fused-ring (bicyclic) bond motifs is 1. The topological polar surface area (TPSA) is 50.9 Å². The second-order valence-electron chi connectivity index (χ2n) is 5.20. The Balaban J connectivity index is 1.90. The van der Waals surface area contributed by atoms with Gasteiger partial charge in [0.05, 0.1) is 11.1 Å². The number of rotatable bonds is 3. The summed E-state index contributed by atoms with van der Waals surface area (Å²) in [6.07, 6.45) is 6.25. The van der Waals surface area contributed by atoms with Crippen molar-refractivity contribution in [1.29, 1.82) is 0 Å². The van der Waals surface area contributed by atoms with E-state index in [1.54, 1.807) is 11.5 Å². The molecule has 1 aliphatic rings. The minimum Gasteiger partial charge on any atom is -0.368 e. The molecule has 0 saturated heterocycles. The maximum absolute atomic E-state index is 6.02. The van der Waals surface area contributed by atoms with Gasteiger partial charge in [0, 0.05) is 11.9 Å². The summed E-state index contributed by atoms with van der Waals surface area (Å²) in [6.45, 7) is 0.708. The molecule has 3 rings (SSSR count). The molecule has 18 heavy (non-hydrogen) atoms. The van der Waals surface area contributed by atoms with Gasteiger partial charge in [-0.05, 0) is 36.5 Å². The Morgan fingerprint density at radius 2 is 2.00 bits per heavy atom. The number of anilines is 1. The van der Waals surface area contributed by atoms with Crippen LogP contribution in [0.3, 0.4) is 0 Å². The number of nitrogens with zero attached hydrogens (tertiary/aromatic N) is 1. The molecular formula is C14H19N3S. The van der Waals surface area contributed by atoms with E-state index in [1.807, 2.05) is 6.07 Å². The van der Waals surface area contributed by atoms with Crippen molar-refractivity contribution in [3.8, 4) is 0 Å². The molecule has 1 aliphatic carbocycles. The van der Waals surface area contributed by atoms with E-state index in [-0.39, 0.29) is 5.54 Å². The van der Waals surface area contributed by atoms with Gasteiger partial charge < -0.3 is 11.1 Å². The Morgan fingerprint density at radius 3 is 2.78 bits per heavy atom. The monoisotopic (exact) mass is 261 g/mol. The zero-order valence-electron chi connectivity index (χ0n) is 10.5. The zero-order valence-corrected chi connectivity index (χ0v) is 11.3. The van der Waals surface area contributed by atoms with Gasteiger partial charge in [0.15, 0.2) is 0 Å². The fourth-order valence-corrected chi connectivity index (χ4v) is 3.71. The van der Waals surface area contributed by atoms with Crippen molar-refractivity contribution in [3.63, 3.8) is 0 Å². The van der Waals surface area contributed by atoms with Crippen molar-refractivity contribution in [3.05, 3.63) is 24.3 Å². The molecule has 1 aromatic heterocycles. The Labute approximate surface area is 112 Å². The molecule has 1 fully saturated rings. The molecule has 3 nitrogen and oxygen atoms in total. The van der Waals surface area contributed by atoms with E-state index in [0.29, 0.717) is 6.54 Å². The molecule has 0 bridgehead atoms. The highest BCUT2D eigenvalue weighted by Gasteiger charge is 2.31. The third kappa shape index (κ3) is 2.10. The third-order valence-corrected chi connectivity index (χ3v) is 4.76. The van der Waals surface area contributed by atoms with Gasteiger partial charge >= 0.3 is 0 Å². The third-order valence-electron chi connectivity index (χ3n) is 3.96. The second kappa shape index (κ2) is 4.86. The minimum absolute atomic E-state index is 0.0908. The number of aromatic nitrogens is 1. The van der Waals surface area contributed by atoms with Crippen molar-refractivity contribution in [2.75, 3.05) is 11.9 Å². The molecule has 0 atom stereocenters. The smallest absolute Gasteiger partial charge is 0.117 e. The van der Waals surface area contributed by atoms with Gasteiger partial charge in [0.25, 0.3) is 0 Å². The predicted molar refractivity (Wildman–Crippen MR) is 78.1 cm³/mol. The maximum atomic E-state index is 6.02. The summed E-state index contributed by atoms with van der Waals surface area (Å²) >= 11 is 1.55. The van der Waals surface area contributed by atoms with Crippen LogP contribution in [-0.4, -0.2) is 16.5 Å². The number of nitrogens with one attached hydrogen (secondary N) is 1. The highest BCUT2D eigenvalue weighted by molar-refractivity contribution is 7.11. The second-order valence-corrected chi connectivity index (χ2v) is 5.97. The lowest BCUT2D eigenvalue weighted by atomic mass is 9.82. The minimum atomic E-state index is 0.0908.